The summed E-state index contributed by atoms with van der Waals surface area (Å²) in [6, 6.07) is 1.77. The summed E-state index contributed by atoms with van der Waals surface area (Å²) < 4.78 is 1.91. The molecule has 2 aromatic heterocycles. The smallest absolute Gasteiger partial charge is 0.179 e. The number of fused-ring (bicyclic) bond motifs is 1. The average Bonchev–Trinajstić information content (AvgIpc) is 2.48. The Morgan fingerprint density at radius 2 is 2.31 bits per heavy atom. The molecule has 68 valence electrons. The van der Waals surface area contributed by atoms with Crippen molar-refractivity contribution in [2.24, 2.45) is 0 Å². The van der Waals surface area contributed by atoms with E-state index in [1.807, 2.05) is 17.5 Å². The van der Waals surface area contributed by atoms with Gasteiger partial charge in [0.05, 0.1) is 0 Å². The van der Waals surface area contributed by atoms with Gasteiger partial charge >= 0.3 is 0 Å². The van der Waals surface area contributed by atoms with E-state index in [0.29, 0.717) is 5.65 Å². The fourth-order valence-corrected chi connectivity index (χ4v) is 1.44. The standard InChI is InChI=1S/C10H12N2O/c1-3-8-4-9(13)10-11-5-7(2)12(10)6-8/h4-6,13H,3H2,1-2H3. The van der Waals surface area contributed by atoms with Gasteiger partial charge in [-0.1, -0.05) is 6.92 Å². The SMILES string of the molecule is CCc1cc(O)c2ncc(C)n2c1. The highest BCUT2D eigenvalue weighted by Crippen LogP contribution is 2.20. The molecule has 0 amide bonds. The first-order valence-corrected chi connectivity index (χ1v) is 4.38. The normalized spacial score (nSPS) is 10.9. The number of hydrogen-bond donors (Lipinski definition) is 1. The number of hydrogen-bond acceptors (Lipinski definition) is 2. The van der Waals surface area contributed by atoms with E-state index in [-0.39, 0.29) is 5.75 Å². The summed E-state index contributed by atoms with van der Waals surface area (Å²) >= 11 is 0. The monoisotopic (exact) mass is 176 g/mol. The maximum absolute atomic E-state index is 9.61. The Bertz CT molecular complexity index is 445. The number of pyridine rings is 1. The third-order valence-corrected chi connectivity index (χ3v) is 2.24. The van der Waals surface area contributed by atoms with Crippen molar-refractivity contribution in [2.75, 3.05) is 0 Å². The van der Waals surface area contributed by atoms with Gasteiger partial charge in [-0.2, -0.15) is 0 Å². The molecule has 0 bridgehead atoms. The van der Waals surface area contributed by atoms with Crippen LogP contribution in [0.15, 0.2) is 18.5 Å². The topological polar surface area (TPSA) is 37.5 Å². The van der Waals surface area contributed by atoms with Crippen molar-refractivity contribution in [1.29, 1.82) is 0 Å². The molecule has 0 saturated heterocycles. The number of aromatic nitrogens is 2. The molecule has 3 nitrogen and oxygen atoms in total. The van der Waals surface area contributed by atoms with Crippen LogP contribution in [0.4, 0.5) is 0 Å². The van der Waals surface area contributed by atoms with Crippen molar-refractivity contribution in [2.45, 2.75) is 20.3 Å². The first-order valence-electron chi connectivity index (χ1n) is 4.38. The number of aromatic hydroxyl groups is 1. The van der Waals surface area contributed by atoms with Gasteiger partial charge in [-0.3, -0.25) is 0 Å². The van der Waals surface area contributed by atoms with Gasteiger partial charge in [-0.25, -0.2) is 4.98 Å². The zero-order valence-corrected chi connectivity index (χ0v) is 7.78. The van der Waals surface area contributed by atoms with Gasteiger partial charge in [0.25, 0.3) is 0 Å². The second-order valence-corrected chi connectivity index (χ2v) is 3.18. The summed E-state index contributed by atoms with van der Waals surface area (Å²) in [6.07, 6.45) is 4.69. The van der Waals surface area contributed by atoms with E-state index >= 15 is 0 Å². The third kappa shape index (κ3) is 1.16. The van der Waals surface area contributed by atoms with Crippen LogP contribution in [0.3, 0.4) is 0 Å². The van der Waals surface area contributed by atoms with Crippen molar-refractivity contribution in [3.05, 3.63) is 29.7 Å². The number of nitrogens with zero attached hydrogens (tertiary/aromatic N) is 2. The van der Waals surface area contributed by atoms with Crippen molar-refractivity contribution >= 4 is 5.65 Å². The molecular formula is C10H12N2O. The van der Waals surface area contributed by atoms with Gasteiger partial charge in [0, 0.05) is 18.1 Å². The molecule has 13 heavy (non-hydrogen) atoms. The van der Waals surface area contributed by atoms with Crippen LogP contribution in [-0.2, 0) is 6.42 Å². The first kappa shape index (κ1) is 8.10. The van der Waals surface area contributed by atoms with E-state index in [4.69, 9.17) is 0 Å². The lowest BCUT2D eigenvalue weighted by molar-refractivity contribution is 0.476. The molecule has 0 fully saturated rings. The first-order chi connectivity index (χ1) is 6.22. The van der Waals surface area contributed by atoms with Crippen LogP contribution in [0.1, 0.15) is 18.2 Å². The molecule has 0 unspecified atom stereocenters. The van der Waals surface area contributed by atoms with Crippen molar-refractivity contribution in [1.82, 2.24) is 9.38 Å². The Kier molecular flexibility index (Phi) is 1.72. The molecule has 0 aliphatic heterocycles. The average molecular weight is 176 g/mol. The Morgan fingerprint density at radius 1 is 1.54 bits per heavy atom. The molecule has 0 radical (unpaired) electrons. The number of aryl methyl sites for hydroxylation is 2. The van der Waals surface area contributed by atoms with Crippen LogP contribution in [0.25, 0.3) is 5.65 Å². The van der Waals surface area contributed by atoms with Crippen molar-refractivity contribution in [3.8, 4) is 5.75 Å². The Hall–Kier alpha value is -1.51. The van der Waals surface area contributed by atoms with Crippen LogP contribution in [0, 0.1) is 6.92 Å². The van der Waals surface area contributed by atoms with Gasteiger partial charge in [-0.15, -0.1) is 0 Å². The zero-order chi connectivity index (χ0) is 9.42. The summed E-state index contributed by atoms with van der Waals surface area (Å²) in [5.41, 5.74) is 2.79. The second-order valence-electron chi connectivity index (χ2n) is 3.18. The number of rotatable bonds is 1. The van der Waals surface area contributed by atoms with E-state index in [1.165, 1.54) is 0 Å². The molecule has 3 heteroatoms. The quantitative estimate of drug-likeness (QED) is 0.720. The zero-order valence-electron chi connectivity index (χ0n) is 7.78. The molecule has 0 aliphatic rings. The highest BCUT2D eigenvalue weighted by molar-refractivity contribution is 5.55. The fourth-order valence-electron chi connectivity index (χ4n) is 1.44. The highest BCUT2D eigenvalue weighted by atomic mass is 16.3. The Balaban J connectivity index is 2.80. The van der Waals surface area contributed by atoms with Crippen LogP contribution in [0.5, 0.6) is 5.75 Å². The van der Waals surface area contributed by atoms with E-state index in [2.05, 4.69) is 11.9 Å². The van der Waals surface area contributed by atoms with Gasteiger partial charge < -0.3 is 9.51 Å². The minimum absolute atomic E-state index is 0.257. The molecule has 0 atom stereocenters. The molecule has 0 spiro atoms. The third-order valence-electron chi connectivity index (χ3n) is 2.24. The molecule has 2 aromatic rings. The maximum Gasteiger partial charge on any atom is 0.179 e. The summed E-state index contributed by atoms with van der Waals surface area (Å²) in [5, 5.41) is 9.61. The van der Waals surface area contributed by atoms with Crippen LogP contribution < -0.4 is 0 Å². The van der Waals surface area contributed by atoms with Crippen LogP contribution >= 0.6 is 0 Å². The minimum atomic E-state index is 0.257. The van der Waals surface area contributed by atoms with E-state index in [9.17, 15) is 5.11 Å². The Morgan fingerprint density at radius 3 is 3.00 bits per heavy atom. The molecule has 0 aromatic carbocycles. The van der Waals surface area contributed by atoms with Gasteiger partial charge in [0.2, 0.25) is 0 Å². The highest BCUT2D eigenvalue weighted by Gasteiger charge is 2.05. The lowest BCUT2D eigenvalue weighted by Crippen LogP contribution is -1.91. The van der Waals surface area contributed by atoms with E-state index in [0.717, 1.165) is 17.7 Å². The summed E-state index contributed by atoms with van der Waals surface area (Å²) in [7, 11) is 0. The molecule has 0 aliphatic carbocycles. The lowest BCUT2D eigenvalue weighted by atomic mass is 10.2. The predicted octanol–water partition coefficient (Wildman–Crippen LogP) is 1.91. The predicted molar refractivity (Wildman–Crippen MR) is 51.0 cm³/mol. The second kappa shape index (κ2) is 2.76. The van der Waals surface area contributed by atoms with Crippen LogP contribution in [0.2, 0.25) is 0 Å². The molecule has 2 heterocycles. The lowest BCUT2D eigenvalue weighted by Gasteiger charge is -2.02. The van der Waals surface area contributed by atoms with Crippen molar-refractivity contribution in [3.63, 3.8) is 0 Å². The van der Waals surface area contributed by atoms with Gasteiger partial charge in [-0.05, 0) is 25.0 Å². The van der Waals surface area contributed by atoms with Gasteiger partial charge in [0.1, 0.15) is 0 Å². The molecule has 0 saturated carbocycles. The number of imidazole rings is 1. The van der Waals surface area contributed by atoms with Crippen molar-refractivity contribution < 1.29 is 5.11 Å². The summed E-state index contributed by atoms with van der Waals surface area (Å²) in [6.45, 7) is 4.03. The maximum atomic E-state index is 9.61. The van der Waals surface area contributed by atoms with Gasteiger partial charge in [0.15, 0.2) is 11.4 Å². The molecule has 2 rings (SSSR count). The fraction of sp³-hybridized carbons (Fsp3) is 0.300. The molecular weight excluding hydrogens is 164 g/mol. The van der Waals surface area contributed by atoms with E-state index < -0.39 is 0 Å². The molecule has 1 N–H and O–H groups in total. The Labute approximate surface area is 76.7 Å². The van der Waals surface area contributed by atoms with E-state index in [1.54, 1.807) is 12.3 Å². The van der Waals surface area contributed by atoms with Crippen LogP contribution in [-0.4, -0.2) is 14.5 Å². The summed E-state index contributed by atoms with van der Waals surface area (Å²) in [5.74, 6) is 0.257. The minimum Gasteiger partial charge on any atom is -0.504 e. The summed E-state index contributed by atoms with van der Waals surface area (Å²) in [4.78, 5) is 4.11. The largest absolute Gasteiger partial charge is 0.504 e.